The van der Waals surface area contributed by atoms with Crippen LogP contribution in [0.15, 0.2) is 12.1 Å². The normalized spacial score (nSPS) is 15.4. The van der Waals surface area contributed by atoms with Crippen molar-refractivity contribution in [3.8, 4) is 0 Å². The van der Waals surface area contributed by atoms with Gasteiger partial charge in [0.2, 0.25) is 0 Å². The van der Waals surface area contributed by atoms with Gasteiger partial charge in [0, 0.05) is 6.04 Å². The van der Waals surface area contributed by atoms with Crippen LogP contribution in [-0.4, -0.2) is 22.1 Å². The van der Waals surface area contributed by atoms with Crippen molar-refractivity contribution in [1.29, 1.82) is 5.41 Å². The van der Waals surface area contributed by atoms with Gasteiger partial charge in [0.05, 0.1) is 0 Å². The number of hydrogen-bond donors (Lipinski definition) is 3. The summed E-state index contributed by atoms with van der Waals surface area (Å²) < 4.78 is 0. The molecule has 13 heavy (non-hydrogen) atoms. The van der Waals surface area contributed by atoms with Crippen LogP contribution >= 0.6 is 0 Å². The van der Waals surface area contributed by atoms with Gasteiger partial charge in [-0.05, 0) is 25.0 Å². The molecule has 0 saturated heterocycles. The van der Waals surface area contributed by atoms with Crippen molar-refractivity contribution in [2.75, 3.05) is 5.32 Å². The maximum Gasteiger partial charge on any atom is 0.148 e. The first-order chi connectivity index (χ1) is 6.25. The number of aromatic nitrogens is 2. The molecule has 0 radical (unpaired) electrons. The molecule has 1 fully saturated rings. The SMILES string of the molecule is N=C(N)c1ccc(NC2CC2)nn1. The van der Waals surface area contributed by atoms with Crippen LogP contribution in [0.4, 0.5) is 5.82 Å². The zero-order valence-corrected chi connectivity index (χ0v) is 7.12. The summed E-state index contributed by atoms with van der Waals surface area (Å²) in [5.41, 5.74) is 5.66. The molecular formula is C8H11N5. The van der Waals surface area contributed by atoms with Crippen molar-refractivity contribution in [3.05, 3.63) is 17.8 Å². The minimum absolute atomic E-state index is 0.0505. The van der Waals surface area contributed by atoms with Gasteiger partial charge in [-0.3, -0.25) is 5.41 Å². The predicted octanol–water partition coefficient (Wildman–Crippen LogP) is 0.335. The third kappa shape index (κ3) is 1.93. The molecule has 0 atom stereocenters. The van der Waals surface area contributed by atoms with Crippen molar-refractivity contribution >= 4 is 11.7 Å². The number of rotatable bonds is 3. The molecule has 0 aliphatic heterocycles. The number of nitrogen functional groups attached to an aromatic ring is 1. The second-order valence-electron chi connectivity index (χ2n) is 3.14. The lowest BCUT2D eigenvalue weighted by molar-refractivity contribution is 0.985. The van der Waals surface area contributed by atoms with Crippen LogP contribution in [0.3, 0.4) is 0 Å². The maximum atomic E-state index is 7.11. The fourth-order valence-electron chi connectivity index (χ4n) is 0.990. The lowest BCUT2D eigenvalue weighted by atomic mass is 10.3. The van der Waals surface area contributed by atoms with Crippen LogP contribution in [0, 0.1) is 5.41 Å². The van der Waals surface area contributed by atoms with Crippen LogP contribution in [0.1, 0.15) is 18.5 Å². The minimum atomic E-state index is -0.0505. The van der Waals surface area contributed by atoms with E-state index in [1.165, 1.54) is 12.8 Å². The Balaban J connectivity index is 2.08. The smallest absolute Gasteiger partial charge is 0.148 e. The van der Waals surface area contributed by atoms with Gasteiger partial charge in [-0.1, -0.05) is 0 Å². The quantitative estimate of drug-likeness (QED) is 0.458. The third-order valence-corrected chi connectivity index (χ3v) is 1.87. The molecule has 1 aliphatic carbocycles. The molecule has 5 heteroatoms. The summed E-state index contributed by atoms with van der Waals surface area (Å²) in [5, 5.41) is 18.0. The lowest BCUT2D eigenvalue weighted by Crippen LogP contribution is -2.14. The Morgan fingerprint density at radius 2 is 2.23 bits per heavy atom. The molecule has 1 aromatic heterocycles. The second kappa shape index (κ2) is 3.01. The fourth-order valence-corrected chi connectivity index (χ4v) is 0.990. The Kier molecular flexibility index (Phi) is 1.84. The van der Waals surface area contributed by atoms with E-state index in [1.807, 2.05) is 0 Å². The van der Waals surface area contributed by atoms with Crippen LogP contribution in [-0.2, 0) is 0 Å². The summed E-state index contributed by atoms with van der Waals surface area (Å²) >= 11 is 0. The van der Waals surface area contributed by atoms with Crippen LogP contribution in [0.2, 0.25) is 0 Å². The highest BCUT2D eigenvalue weighted by Crippen LogP contribution is 2.23. The van der Waals surface area contributed by atoms with Crippen molar-refractivity contribution in [3.63, 3.8) is 0 Å². The van der Waals surface area contributed by atoms with Gasteiger partial charge in [0.1, 0.15) is 17.3 Å². The zero-order valence-electron chi connectivity index (χ0n) is 7.12. The van der Waals surface area contributed by atoms with Gasteiger partial charge in [-0.25, -0.2) is 0 Å². The van der Waals surface area contributed by atoms with Crippen LogP contribution in [0.25, 0.3) is 0 Å². The number of hydrogen-bond acceptors (Lipinski definition) is 4. The van der Waals surface area contributed by atoms with E-state index in [-0.39, 0.29) is 5.84 Å². The molecule has 68 valence electrons. The first-order valence-electron chi connectivity index (χ1n) is 4.20. The van der Waals surface area contributed by atoms with E-state index in [9.17, 15) is 0 Å². The van der Waals surface area contributed by atoms with E-state index in [0.29, 0.717) is 11.7 Å². The second-order valence-corrected chi connectivity index (χ2v) is 3.14. The number of anilines is 1. The van der Waals surface area contributed by atoms with Gasteiger partial charge < -0.3 is 11.1 Å². The van der Waals surface area contributed by atoms with E-state index < -0.39 is 0 Å². The topological polar surface area (TPSA) is 87.7 Å². The van der Waals surface area contributed by atoms with Crippen molar-refractivity contribution in [2.24, 2.45) is 5.73 Å². The van der Waals surface area contributed by atoms with Gasteiger partial charge in [0.25, 0.3) is 0 Å². The number of nitrogens with one attached hydrogen (secondary N) is 2. The van der Waals surface area contributed by atoms with Crippen molar-refractivity contribution < 1.29 is 0 Å². The minimum Gasteiger partial charge on any atom is -0.382 e. The Morgan fingerprint density at radius 3 is 2.69 bits per heavy atom. The average Bonchev–Trinajstić information content (AvgIpc) is 2.89. The molecule has 1 aromatic rings. The monoisotopic (exact) mass is 177 g/mol. The van der Waals surface area contributed by atoms with Gasteiger partial charge in [-0.2, -0.15) is 0 Å². The fraction of sp³-hybridized carbons (Fsp3) is 0.375. The number of amidine groups is 1. The number of nitrogens with zero attached hydrogens (tertiary/aromatic N) is 2. The molecule has 1 heterocycles. The van der Waals surface area contributed by atoms with E-state index in [2.05, 4.69) is 15.5 Å². The van der Waals surface area contributed by atoms with E-state index in [1.54, 1.807) is 12.1 Å². The molecule has 0 spiro atoms. The van der Waals surface area contributed by atoms with E-state index in [4.69, 9.17) is 11.1 Å². The summed E-state index contributed by atoms with van der Waals surface area (Å²) in [7, 11) is 0. The molecule has 0 amide bonds. The van der Waals surface area contributed by atoms with E-state index >= 15 is 0 Å². The molecule has 5 nitrogen and oxygen atoms in total. The summed E-state index contributed by atoms with van der Waals surface area (Å²) in [4.78, 5) is 0. The lowest BCUT2D eigenvalue weighted by Gasteiger charge is -2.02. The van der Waals surface area contributed by atoms with Crippen molar-refractivity contribution in [2.45, 2.75) is 18.9 Å². The summed E-state index contributed by atoms with van der Waals surface area (Å²) in [6.07, 6.45) is 2.41. The molecule has 1 aliphatic rings. The maximum absolute atomic E-state index is 7.11. The first kappa shape index (κ1) is 7.97. The van der Waals surface area contributed by atoms with Crippen LogP contribution in [0.5, 0.6) is 0 Å². The van der Waals surface area contributed by atoms with Crippen LogP contribution < -0.4 is 11.1 Å². The molecular weight excluding hydrogens is 166 g/mol. The predicted molar refractivity (Wildman–Crippen MR) is 49.7 cm³/mol. The Bertz CT molecular complexity index is 314. The standard InChI is InChI=1S/C8H11N5/c9-8(10)6-3-4-7(13-12-6)11-5-1-2-5/h3-5H,1-2H2,(H3,9,10)(H,11,13). The summed E-state index contributed by atoms with van der Waals surface area (Å²) in [6, 6.07) is 4.06. The van der Waals surface area contributed by atoms with Crippen molar-refractivity contribution in [1.82, 2.24) is 10.2 Å². The Morgan fingerprint density at radius 1 is 1.46 bits per heavy atom. The molecule has 0 aromatic carbocycles. The van der Waals surface area contributed by atoms with Gasteiger partial charge in [0.15, 0.2) is 0 Å². The third-order valence-electron chi connectivity index (χ3n) is 1.87. The Labute approximate surface area is 75.9 Å². The van der Waals surface area contributed by atoms with Gasteiger partial charge >= 0.3 is 0 Å². The van der Waals surface area contributed by atoms with E-state index in [0.717, 1.165) is 5.82 Å². The molecule has 2 rings (SSSR count). The highest BCUT2D eigenvalue weighted by molar-refractivity contribution is 5.92. The summed E-state index contributed by atoms with van der Waals surface area (Å²) in [6.45, 7) is 0. The largest absolute Gasteiger partial charge is 0.382 e. The molecule has 0 unspecified atom stereocenters. The zero-order chi connectivity index (χ0) is 9.26. The molecule has 0 bridgehead atoms. The highest BCUT2D eigenvalue weighted by Gasteiger charge is 2.21. The molecule has 1 saturated carbocycles. The molecule has 4 N–H and O–H groups in total. The Hall–Kier alpha value is -1.65. The number of nitrogens with two attached hydrogens (primary N) is 1. The highest BCUT2D eigenvalue weighted by atomic mass is 15.2. The average molecular weight is 177 g/mol. The summed E-state index contributed by atoms with van der Waals surface area (Å²) in [5.74, 6) is 0.706. The first-order valence-corrected chi connectivity index (χ1v) is 4.20. The van der Waals surface area contributed by atoms with Gasteiger partial charge in [-0.15, -0.1) is 10.2 Å².